The highest BCUT2D eigenvalue weighted by molar-refractivity contribution is 6.35. The molecule has 1 aliphatic rings. The van der Waals surface area contributed by atoms with Crippen molar-refractivity contribution in [3.63, 3.8) is 0 Å². The second-order valence-electron chi connectivity index (χ2n) is 5.11. The predicted molar refractivity (Wildman–Crippen MR) is 80.7 cm³/mol. The van der Waals surface area contributed by atoms with Gasteiger partial charge in [-0.3, -0.25) is 4.98 Å². The second-order valence-corrected chi connectivity index (χ2v) is 5.52. The fraction of sp³-hybridized carbons (Fsp3) is 0.200. The Bertz CT molecular complexity index is 805. The van der Waals surface area contributed by atoms with Gasteiger partial charge in [-0.1, -0.05) is 11.6 Å². The zero-order valence-corrected chi connectivity index (χ0v) is 11.5. The molecule has 0 radical (unpaired) electrons. The summed E-state index contributed by atoms with van der Waals surface area (Å²) in [5, 5.41) is 1.61. The zero-order chi connectivity index (χ0) is 13.7. The molecule has 0 unspecified atom stereocenters. The molecule has 3 aromatic rings. The Labute approximate surface area is 121 Å². The topological polar surface area (TPSA) is 56.7 Å². The molecule has 4 nitrogen and oxygen atoms in total. The minimum atomic E-state index is 0.516. The van der Waals surface area contributed by atoms with Gasteiger partial charge in [-0.25, -0.2) is 4.98 Å². The molecule has 4 rings (SSSR count). The van der Waals surface area contributed by atoms with Crippen molar-refractivity contribution in [2.45, 2.75) is 18.9 Å². The lowest BCUT2D eigenvalue weighted by Gasteiger charge is -2.07. The van der Waals surface area contributed by atoms with Crippen LogP contribution in [0.15, 0.2) is 36.8 Å². The van der Waals surface area contributed by atoms with Gasteiger partial charge in [-0.15, -0.1) is 0 Å². The number of aromatic nitrogens is 3. The largest absolute Gasteiger partial charge is 0.383 e. The summed E-state index contributed by atoms with van der Waals surface area (Å²) in [6.07, 6.45) is 5.95. The molecule has 1 aromatic carbocycles. The SMILES string of the molecule is Nc1c(-c2ccc(Cl)c3cccnc23)ncn1C1CC1. The Balaban J connectivity index is 1.96. The van der Waals surface area contributed by atoms with Crippen LogP contribution in [0.1, 0.15) is 18.9 Å². The molecule has 5 heteroatoms. The van der Waals surface area contributed by atoms with E-state index in [1.807, 2.05) is 30.6 Å². The van der Waals surface area contributed by atoms with Gasteiger partial charge in [0.15, 0.2) is 0 Å². The van der Waals surface area contributed by atoms with Crippen LogP contribution in [0.4, 0.5) is 5.82 Å². The number of nitrogen functional groups attached to an aromatic ring is 1. The third kappa shape index (κ3) is 1.68. The maximum Gasteiger partial charge on any atom is 0.131 e. The van der Waals surface area contributed by atoms with Gasteiger partial charge in [0, 0.05) is 23.2 Å². The first kappa shape index (κ1) is 11.7. The molecule has 2 heterocycles. The van der Waals surface area contributed by atoms with Crippen LogP contribution in [0.2, 0.25) is 5.02 Å². The number of hydrogen-bond donors (Lipinski definition) is 1. The molecule has 0 saturated heterocycles. The highest BCUT2D eigenvalue weighted by atomic mass is 35.5. The summed E-state index contributed by atoms with van der Waals surface area (Å²) in [6, 6.07) is 8.17. The quantitative estimate of drug-likeness (QED) is 0.781. The normalized spacial score (nSPS) is 14.8. The summed E-state index contributed by atoms with van der Waals surface area (Å²) >= 11 is 6.23. The summed E-state index contributed by atoms with van der Waals surface area (Å²) < 4.78 is 2.05. The summed E-state index contributed by atoms with van der Waals surface area (Å²) in [5.74, 6) is 0.710. The highest BCUT2D eigenvalue weighted by Gasteiger charge is 2.27. The Morgan fingerprint density at radius 2 is 2.05 bits per heavy atom. The number of benzene rings is 1. The van der Waals surface area contributed by atoms with E-state index in [2.05, 4.69) is 14.5 Å². The first-order valence-electron chi connectivity index (χ1n) is 6.61. The van der Waals surface area contributed by atoms with Gasteiger partial charge in [0.1, 0.15) is 11.5 Å². The fourth-order valence-electron chi connectivity index (χ4n) is 2.55. The van der Waals surface area contributed by atoms with Gasteiger partial charge in [0.2, 0.25) is 0 Å². The summed E-state index contributed by atoms with van der Waals surface area (Å²) in [7, 11) is 0. The van der Waals surface area contributed by atoms with Crippen LogP contribution in [0, 0.1) is 0 Å². The average molecular weight is 285 g/mol. The van der Waals surface area contributed by atoms with E-state index in [4.69, 9.17) is 17.3 Å². The molecular formula is C15H13ClN4. The number of pyridine rings is 1. The standard InChI is InChI=1S/C15H13ClN4/c16-12-6-5-11(13-10(12)2-1-7-18-13)14-15(17)20(8-19-14)9-3-4-9/h1-2,5-9H,3-4,17H2. The average Bonchev–Trinajstić information content (AvgIpc) is 3.24. The van der Waals surface area contributed by atoms with Gasteiger partial charge in [-0.05, 0) is 37.1 Å². The molecule has 0 bridgehead atoms. The van der Waals surface area contributed by atoms with Crippen molar-refractivity contribution in [2.75, 3.05) is 5.73 Å². The van der Waals surface area contributed by atoms with Crippen LogP contribution in [0.3, 0.4) is 0 Å². The Morgan fingerprint density at radius 3 is 2.85 bits per heavy atom. The van der Waals surface area contributed by atoms with Crippen LogP contribution in [-0.2, 0) is 0 Å². The molecule has 2 aromatic heterocycles. The number of nitrogens with zero attached hydrogens (tertiary/aromatic N) is 3. The summed E-state index contributed by atoms with van der Waals surface area (Å²) in [4.78, 5) is 8.92. The molecule has 1 aliphatic carbocycles. The maximum absolute atomic E-state index is 6.25. The minimum Gasteiger partial charge on any atom is -0.383 e. The number of anilines is 1. The lowest BCUT2D eigenvalue weighted by Crippen LogP contribution is -1.99. The van der Waals surface area contributed by atoms with Crippen molar-refractivity contribution in [2.24, 2.45) is 0 Å². The monoisotopic (exact) mass is 284 g/mol. The maximum atomic E-state index is 6.25. The van der Waals surface area contributed by atoms with E-state index < -0.39 is 0 Å². The first-order valence-corrected chi connectivity index (χ1v) is 6.99. The first-order chi connectivity index (χ1) is 9.75. The number of nitrogens with two attached hydrogens (primary N) is 1. The van der Waals surface area contributed by atoms with Crippen LogP contribution in [0.5, 0.6) is 0 Å². The van der Waals surface area contributed by atoms with Gasteiger partial charge >= 0.3 is 0 Å². The lowest BCUT2D eigenvalue weighted by molar-refractivity contribution is 0.751. The van der Waals surface area contributed by atoms with E-state index in [-0.39, 0.29) is 0 Å². The molecule has 100 valence electrons. The number of imidazole rings is 1. The number of halogens is 1. The van der Waals surface area contributed by atoms with Gasteiger partial charge in [0.25, 0.3) is 0 Å². The van der Waals surface area contributed by atoms with Gasteiger partial charge in [-0.2, -0.15) is 0 Å². The van der Waals surface area contributed by atoms with E-state index in [1.54, 1.807) is 6.20 Å². The molecular weight excluding hydrogens is 272 g/mol. The van der Waals surface area contributed by atoms with Crippen molar-refractivity contribution < 1.29 is 0 Å². The van der Waals surface area contributed by atoms with Crippen molar-refractivity contribution in [1.82, 2.24) is 14.5 Å². The zero-order valence-electron chi connectivity index (χ0n) is 10.8. The van der Waals surface area contributed by atoms with Crippen LogP contribution in [-0.4, -0.2) is 14.5 Å². The molecule has 1 saturated carbocycles. The summed E-state index contributed by atoms with van der Waals surface area (Å²) in [6.45, 7) is 0. The second kappa shape index (κ2) is 4.21. The number of rotatable bonds is 2. The molecule has 20 heavy (non-hydrogen) atoms. The third-order valence-corrected chi connectivity index (χ3v) is 4.07. The Morgan fingerprint density at radius 1 is 1.20 bits per heavy atom. The minimum absolute atomic E-state index is 0.516. The fourth-order valence-corrected chi connectivity index (χ4v) is 2.77. The Hall–Kier alpha value is -2.07. The van der Waals surface area contributed by atoms with Crippen molar-refractivity contribution in [1.29, 1.82) is 0 Å². The molecule has 1 fully saturated rings. The van der Waals surface area contributed by atoms with E-state index in [1.165, 1.54) is 12.8 Å². The van der Waals surface area contributed by atoms with Crippen LogP contribution in [0.25, 0.3) is 22.2 Å². The number of hydrogen-bond acceptors (Lipinski definition) is 3. The summed E-state index contributed by atoms with van der Waals surface area (Å²) in [5.41, 5.74) is 8.81. The van der Waals surface area contributed by atoms with Gasteiger partial charge in [0.05, 0.1) is 16.9 Å². The molecule has 2 N–H and O–H groups in total. The van der Waals surface area contributed by atoms with E-state index >= 15 is 0 Å². The Kier molecular flexibility index (Phi) is 2.47. The van der Waals surface area contributed by atoms with E-state index in [0.29, 0.717) is 16.9 Å². The smallest absolute Gasteiger partial charge is 0.131 e. The molecule has 0 spiro atoms. The van der Waals surface area contributed by atoms with Crippen molar-refractivity contribution >= 4 is 28.3 Å². The third-order valence-electron chi connectivity index (χ3n) is 3.74. The van der Waals surface area contributed by atoms with Crippen LogP contribution < -0.4 is 5.73 Å². The highest BCUT2D eigenvalue weighted by Crippen LogP contribution is 2.40. The van der Waals surface area contributed by atoms with E-state index in [0.717, 1.165) is 22.2 Å². The number of fused-ring (bicyclic) bond motifs is 1. The van der Waals surface area contributed by atoms with Crippen molar-refractivity contribution in [3.05, 3.63) is 41.8 Å². The molecule has 0 aliphatic heterocycles. The van der Waals surface area contributed by atoms with E-state index in [9.17, 15) is 0 Å². The molecule has 0 atom stereocenters. The lowest BCUT2D eigenvalue weighted by atomic mass is 10.1. The van der Waals surface area contributed by atoms with Crippen molar-refractivity contribution in [3.8, 4) is 11.3 Å². The van der Waals surface area contributed by atoms with Crippen LogP contribution >= 0.6 is 11.6 Å². The molecule has 0 amide bonds. The van der Waals surface area contributed by atoms with Gasteiger partial charge < -0.3 is 10.3 Å². The predicted octanol–water partition coefficient (Wildman–Crippen LogP) is 3.67.